The van der Waals surface area contributed by atoms with Crippen molar-refractivity contribution in [3.8, 4) is 11.3 Å². The van der Waals surface area contributed by atoms with Crippen LogP contribution in [-0.2, 0) is 13.5 Å². The average Bonchev–Trinajstić information content (AvgIpc) is 3.42. The second-order valence-electron chi connectivity index (χ2n) is 9.16. The molecule has 174 valence electrons. The number of rotatable bonds is 2. The lowest BCUT2D eigenvalue weighted by atomic mass is 9.94. The number of nitrogens with zero attached hydrogens (tertiary/aromatic N) is 5. The molecule has 1 fully saturated rings. The number of aromatic nitrogens is 4. The van der Waals surface area contributed by atoms with E-state index in [1.165, 1.54) is 0 Å². The molecule has 0 spiro atoms. The van der Waals surface area contributed by atoms with E-state index in [0.29, 0.717) is 23.5 Å². The van der Waals surface area contributed by atoms with E-state index in [-0.39, 0.29) is 23.6 Å². The molecular formula is C25H22F3N5O. The summed E-state index contributed by atoms with van der Waals surface area (Å²) in [7, 11) is 1.70. The van der Waals surface area contributed by atoms with Crippen molar-refractivity contribution in [1.82, 2.24) is 24.1 Å². The van der Waals surface area contributed by atoms with Crippen molar-refractivity contribution in [2.45, 2.75) is 45.2 Å². The number of carbonyl (C=O) groups excluding carboxylic acids is 1. The van der Waals surface area contributed by atoms with Crippen LogP contribution in [0.3, 0.4) is 0 Å². The minimum atomic E-state index is -1.49. The third-order valence-electron chi connectivity index (χ3n) is 7.14. The number of carbonyl (C=O) groups is 1. The first-order valence-electron chi connectivity index (χ1n) is 11.2. The van der Waals surface area contributed by atoms with E-state index in [0.717, 1.165) is 47.6 Å². The number of halogens is 3. The molecule has 0 unspecified atom stereocenters. The highest BCUT2D eigenvalue weighted by Crippen LogP contribution is 2.47. The molecule has 0 aliphatic carbocycles. The fourth-order valence-electron chi connectivity index (χ4n) is 5.75. The standard InChI is InChI=1S/C25H22F3N5O/c1-12-5-4-6-20-29-13(2)23(32(12)20)25(34)33-15-7-8-19(33)22-16(11-15)24(31(3)30-22)14-9-17(26)21(28)18(27)10-14/h4-6,9-10,15,19H,7-8,11H2,1-3H3/t15-,19+/m0/s1. The molecule has 0 radical (unpaired) electrons. The largest absolute Gasteiger partial charge is 0.325 e. The van der Waals surface area contributed by atoms with Gasteiger partial charge in [-0.05, 0) is 57.4 Å². The normalized spacial score (nSPS) is 19.2. The summed E-state index contributed by atoms with van der Waals surface area (Å²) in [6.45, 7) is 3.78. The minimum absolute atomic E-state index is 0.0722. The third-order valence-corrected chi connectivity index (χ3v) is 7.14. The summed E-state index contributed by atoms with van der Waals surface area (Å²) in [4.78, 5) is 20.4. The summed E-state index contributed by atoms with van der Waals surface area (Å²) in [6.07, 6.45) is 2.06. The Morgan fingerprint density at radius 1 is 1.09 bits per heavy atom. The van der Waals surface area contributed by atoms with Gasteiger partial charge in [0.25, 0.3) is 5.91 Å². The van der Waals surface area contributed by atoms with Crippen molar-refractivity contribution in [1.29, 1.82) is 0 Å². The van der Waals surface area contributed by atoms with Gasteiger partial charge >= 0.3 is 0 Å². The molecule has 4 aromatic rings. The first-order chi connectivity index (χ1) is 16.3. The SMILES string of the molecule is Cc1nc2cccc(C)n2c1C(=O)N1[C@H]2CC[C@@H]1c1nn(C)c(-c3cc(F)c(F)c(F)c3)c1C2. The van der Waals surface area contributed by atoms with Crippen LogP contribution in [0, 0.1) is 31.3 Å². The van der Waals surface area contributed by atoms with E-state index in [1.807, 2.05) is 41.3 Å². The minimum Gasteiger partial charge on any atom is -0.325 e. The first-order valence-corrected chi connectivity index (χ1v) is 11.2. The van der Waals surface area contributed by atoms with Gasteiger partial charge in [0.15, 0.2) is 17.5 Å². The third kappa shape index (κ3) is 2.79. The zero-order valence-corrected chi connectivity index (χ0v) is 18.9. The van der Waals surface area contributed by atoms with Gasteiger partial charge in [0.05, 0.1) is 23.1 Å². The fraction of sp³-hybridized carbons (Fsp3) is 0.320. The van der Waals surface area contributed by atoms with Gasteiger partial charge in [0.2, 0.25) is 0 Å². The van der Waals surface area contributed by atoms with Crippen molar-refractivity contribution in [2.75, 3.05) is 0 Å². The predicted molar refractivity (Wildman–Crippen MR) is 119 cm³/mol. The van der Waals surface area contributed by atoms with E-state index < -0.39 is 17.5 Å². The van der Waals surface area contributed by atoms with Crippen LogP contribution in [0.25, 0.3) is 16.9 Å². The number of pyridine rings is 1. The smallest absolute Gasteiger partial charge is 0.273 e. The van der Waals surface area contributed by atoms with Gasteiger partial charge in [-0.3, -0.25) is 13.9 Å². The molecule has 6 rings (SSSR count). The van der Waals surface area contributed by atoms with Crippen LogP contribution in [0.2, 0.25) is 0 Å². The molecule has 2 aliphatic heterocycles. The van der Waals surface area contributed by atoms with E-state index in [1.54, 1.807) is 11.7 Å². The molecule has 0 saturated carbocycles. The summed E-state index contributed by atoms with van der Waals surface area (Å²) in [5.74, 6) is -4.06. The van der Waals surface area contributed by atoms with Gasteiger partial charge in [-0.15, -0.1) is 0 Å². The van der Waals surface area contributed by atoms with Crippen molar-refractivity contribution >= 4 is 11.6 Å². The van der Waals surface area contributed by atoms with Crippen LogP contribution in [0.5, 0.6) is 0 Å². The molecule has 1 amide bonds. The number of hydrogen-bond acceptors (Lipinski definition) is 3. The molecule has 2 bridgehead atoms. The Labute approximate surface area is 193 Å². The van der Waals surface area contributed by atoms with Crippen LogP contribution < -0.4 is 0 Å². The molecule has 5 heterocycles. The molecule has 3 aromatic heterocycles. The lowest BCUT2D eigenvalue weighted by Crippen LogP contribution is -2.42. The molecule has 1 aromatic carbocycles. The van der Waals surface area contributed by atoms with E-state index in [4.69, 9.17) is 0 Å². The van der Waals surface area contributed by atoms with Crippen molar-refractivity contribution < 1.29 is 18.0 Å². The molecule has 2 atom stereocenters. The number of hydrogen-bond donors (Lipinski definition) is 0. The summed E-state index contributed by atoms with van der Waals surface area (Å²) in [5.41, 5.74) is 5.25. The maximum Gasteiger partial charge on any atom is 0.273 e. The van der Waals surface area contributed by atoms with Gasteiger partial charge in [0.1, 0.15) is 11.3 Å². The van der Waals surface area contributed by atoms with Gasteiger partial charge in [0, 0.05) is 29.9 Å². The van der Waals surface area contributed by atoms with Crippen molar-refractivity contribution in [3.63, 3.8) is 0 Å². The van der Waals surface area contributed by atoms with Gasteiger partial charge in [-0.1, -0.05) is 6.07 Å². The van der Waals surface area contributed by atoms with Crippen molar-refractivity contribution in [2.24, 2.45) is 7.05 Å². The van der Waals surface area contributed by atoms with E-state index in [2.05, 4.69) is 10.1 Å². The molecule has 34 heavy (non-hydrogen) atoms. The highest BCUT2D eigenvalue weighted by atomic mass is 19.2. The number of benzene rings is 1. The fourth-order valence-corrected chi connectivity index (χ4v) is 5.75. The second-order valence-corrected chi connectivity index (χ2v) is 9.16. The average molecular weight is 465 g/mol. The highest BCUT2D eigenvalue weighted by Gasteiger charge is 2.46. The predicted octanol–water partition coefficient (Wildman–Crippen LogP) is 4.67. The monoisotopic (exact) mass is 465 g/mol. The summed E-state index contributed by atoms with van der Waals surface area (Å²) in [5, 5.41) is 4.67. The quantitative estimate of drug-likeness (QED) is 0.405. The second kappa shape index (κ2) is 7.19. The lowest BCUT2D eigenvalue weighted by molar-refractivity contribution is 0.0634. The zero-order valence-electron chi connectivity index (χ0n) is 18.9. The topological polar surface area (TPSA) is 55.4 Å². The Morgan fingerprint density at radius 2 is 1.82 bits per heavy atom. The molecule has 0 N–H and O–H groups in total. The molecular weight excluding hydrogens is 443 g/mol. The molecule has 9 heteroatoms. The van der Waals surface area contributed by atoms with Crippen molar-refractivity contribution in [3.05, 3.63) is 76.1 Å². The van der Waals surface area contributed by atoms with E-state index in [9.17, 15) is 18.0 Å². The van der Waals surface area contributed by atoms with Crippen LogP contribution in [0.1, 0.15) is 52.0 Å². The van der Waals surface area contributed by atoms with Crippen LogP contribution in [0.15, 0.2) is 30.3 Å². The molecule has 1 saturated heterocycles. The first kappa shape index (κ1) is 20.9. The Kier molecular flexibility index (Phi) is 4.43. The van der Waals surface area contributed by atoms with Crippen LogP contribution in [0.4, 0.5) is 13.2 Å². The number of amides is 1. The van der Waals surface area contributed by atoms with Crippen LogP contribution >= 0.6 is 0 Å². The number of fused-ring (bicyclic) bond motifs is 5. The maximum atomic E-state index is 14.0. The maximum absolute atomic E-state index is 14.0. The number of aryl methyl sites for hydroxylation is 3. The number of imidazole rings is 1. The molecule has 2 aliphatic rings. The Bertz CT molecular complexity index is 1480. The zero-order chi connectivity index (χ0) is 23.9. The van der Waals surface area contributed by atoms with Gasteiger partial charge in [-0.25, -0.2) is 18.2 Å². The van der Waals surface area contributed by atoms with Crippen LogP contribution in [-0.4, -0.2) is 36.0 Å². The van der Waals surface area contributed by atoms with Gasteiger partial charge < -0.3 is 4.90 Å². The highest BCUT2D eigenvalue weighted by molar-refractivity contribution is 5.96. The summed E-state index contributed by atoms with van der Waals surface area (Å²) in [6, 6.07) is 7.42. The Balaban J connectivity index is 1.45. The Morgan fingerprint density at radius 3 is 2.56 bits per heavy atom. The van der Waals surface area contributed by atoms with Gasteiger partial charge in [-0.2, -0.15) is 5.10 Å². The van der Waals surface area contributed by atoms with E-state index >= 15 is 0 Å². The summed E-state index contributed by atoms with van der Waals surface area (Å²) >= 11 is 0. The lowest BCUT2D eigenvalue weighted by Gasteiger charge is -2.34. The summed E-state index contributed by atoms with van der Waals surface area (Å²) < 4.78 is 45.0. The molecule has 6 nitrogen and oxygen atoms in total. The Hall–Kier alpha value is -3.62.